The summed E-state index contributed by atoms with van der Waals surface area (Å²) in [6.45, 7) is 0.762. The number of hydrogen-bond donors (Lipinski definition) is 0. The third kappa shape index (κ3) is 4.09. The number of rotatable bonds is 5. The first-order valence-electron chi connectivity index (χ1n) is 9.36. The Balaban J connectivity index is 1.39. The fourth-order valence-corrected chi connectivity index (χ4v) is 3.75. The van der Waals surface area contributed by atoms with Crippen LogP contribution in [0.25, 0.3) is 11.3 Å². The van der Waals surface area contributed by atoms with Gasteiger partial charge in [0.2, 0.25) is 5.91 Å². The van der Waals surface area contributed by atoms with Crippen molar-refractivity contribution in [1.29, 1.82) is 0 Å². The number of oxazole rings is 1. The highest BCUT2D eigenvalue weighted by molar-refractivity contribution is 6.30. The normalized spacial score (nSPS) is 16.5. The summed E-state index contributed by atoms with van der Waals surface area (Å²) in [4.78, 5) is 19.0. The minimum Gasteiger partial charge on any atom is -0.441 e. The van der Waals surface area contributed by atoms with E-state index in [2.05, 4.69) is 4.98 Å². The number of aromatic nitrogens is 1. The molecule has 1 fully saturated rings. The number of amides is 1. The average Bonchev–Trinajstić information content (AvgIpc) is 3.37. The van der Waals surface area contributed by atoms with E-state index in [-0.39, 0.29) is 17.8 Å². The van der Waals surface area contributed by atoms with Crippen LogP contribution < -0.4 is 0 Å². The molecule has 1 aliphatic rings. The van der Waals surface area contributed by atoms with Crippen molar-refractivity contribution >= 4 is 17.5 Å². The molecule has 28 heavy (non-hydrogen) atoms. The molecule has 0 aliphatic carbocycles. The Labute approximate surface area is 167 Å². The Hall–Kier alpha value is -2.66. The van der Waals surface area contributed by atoms with Crippen LogP contribution in [-0.4, -0.2) is 22.3 Å². The fraction of sp³-hybridized carbons (Fsp3) is 0.273. The minimum absolute atomic E-state index is 0.0963. The van der Waals surface area contributed by atoms with E-state index in [0.717, 1.165) is 30.5 Å². The molecule has 2 heterocycles. The largest absolute Gasteiger partial charge is 0.441 e. The molecule has 144 valence electrons. The van der Waals surface area contributed by atoms with Crippen LogP contribution in [0, 0.1) is 5.82 Å². The summed E-state index contributed by atoms with van der Waals surface area (Å²) in [6.07, 6.45) is 4.34. The van der Waals surface area contributed by atoms with Crippen molar-refractivity contribution in [2.75, 3.05) is 6.54 Å². The second-order valence-corrected chi connectivity index (χ2v) is 7.36. The molecule has 4 nitrogen and oxygen atoms in total. The Kier molecular flexibility index (Phi) is 5.44. The highest BCUT2D eigenvalue weighted by Gasteiger charge is 2.29. The van der Waals surface area contributed by atoms with Crippen molar-refractivity contribution in [3.05, 3.63) is 77.0 Å². The molecule has 0 bridgehead atoms. The van der Waals surface area contributed by atoms with E-state index >= 15 is 0 Å². The van der Waals surface area contributed by atoms with Crippen molar-refractivity contribution < 1.29 is 13.6 Å². The summed E-state index contributed by atoms with van der Waals surface area (Å²) in [5.74, 6) is 0.881. The van der Waals surface area contributed by atoms with Crippen LogP contribution in [0.15, 0.2) is 59.1 Å². The quantitative estimate of drug-likeness (QED) is 0.575. The number of carbonyl (C=O) groups is 1. The molecule has 6 heteroatoms. The van der Waals surface area contributed by atoms with Crippen LogP contribution >= 0.6 is 11.6 Å². The van der Waals surface area contributed by atoms with Crippen molar-refractivity contribution in [3.63, 3.8) is 0 Å². The molecule has 2 aromatic carbocycles. The zero-order chi connectivity index (χ0) is 19.5. The van der Waals surface area contributed by atoms with E-state index in [1.54, 1.807) is 18.3 Å². The zero-order valence-corrected chi connectivity index (χ0v) is 16.0. The predicted octanol–water partition coefficient (Wildman–Crippen LogP) is 5.43. The SMILES string of the molecule is O=C(CCc1ncc(-c2ccc(F)cc2)o1)N1CCCC1c1ccc(Cl)cc1. The maximum absolute atomic E-state index is 13.0. The van der Waals surface area contributed by atoms with Crippen molar-refractivity contribution in [2.45, 2.75) is 31.7 Å². The summed E-state index contributed by atoms with van der Waals surface area (Å²) in [6, 6.07) is 13.9. The molecular formula is C22H20ClFN2O2. The number of benzene rings is 2. The molecule has 0 saturated carbocycles. The number of likely N-dealkylation sites (tertiary alicyclic amines) is 1. The molecule has 1 atom stereocenters. The summed E-state index contributed by atoms with van der Waals surface area (Å²) in [5.41, 5.74) is 1.87. The van der Waals surface area contributed by atoms with Gasteiger partial charge in [0.25, 0.3) is 0 Å². The topological polar surface area (TPSA) is 46.3 Å². The first-order valence-corrected chi connectivity index (χ1v) is 9.73. The van der Waals surface area contributed by atoms with Crippen LogP contribution in [0.3, 0.4) is 0 Å². The molecule has 1 amide bonds. The number of halogens is 2. The maximum Gasteiger partial charge on any atom is 0.223 e. The molecular weight excluding hydrogens is 379 g/mol. The number of carbonyl (C=O) groups excluding carboxylic acids is 1. The summed E-state index contributed by atoms with van der Waals surface area (Å²) in [7, 11) is 0. The van der Waals surface area contributed by atoms with Crippen LogP contribution in [0.1, 0.15) is 36.8 Å². The molecule has 4 rings (SSSR count). The second kappa shape index (κ2) is 8.15. The van der Waals surface area contributed by atoms with Gasteiger partial charge in [-0.05, 0) is 54.8 Å². The smallest absolute Gasteiger partial charge is 0.223 e. The monoisotopic (exact) mass is 398 g/mol. The maximum atomic E-state index is 13.0. The molecule has 1 unspecified atom stereocenters. The Morgan fingerprint density at radius 3 is 2.68 bits per heavy atom. The van der Waals surface area contributed by atoms with Gasteiger partial charge in [-0.25, -0.2) is 9.37 Å². The van der Waals surface area contributed by atoms with Crippen LogP contribution in [0.4, 0.5) is 4.39 Å². The highest BCUT2D eigenvalue weighted by Crippen LogP contribution is 2.33. The summed E-state index contributed by atoms with van der Waals surface area (Å²) in [5, 5.41) is 0.695. The number of hydrogen-bond acceptors (Lipinski definition) is 3. The third-order valence-corrected chi connectivity index (χ3v) is 5.31. The van der Waals surface area contributed by atoms with Crippen LogP contribution in [0.2, 0.25) is 5.02 Å². The average molecular weight is 399 g/mol. The van der Waals surface area contributed by atoms with Gasteiger partial charge in [-0.15, -0.1) is 0 Å². The number of aryl methyl sites for hydroxylation is 1. The highest BCUT2D eigenvalue weighted by atomic mass is 35.5. The van der Waals surface area contributed by atoms with Gasteiger partial charge < -0.3 is 9.32 Å². The van der Waals surface area contributed by atoms with E-state index in [9.17, 15) is 9.18 Å². The fourth-order valence-electron chi connectivity index (χ4n) is 3.63. The van der Waals surface area contributed by atoms with E-state index in [1.165, 1.54) is 12.1 Å². The van der Waals surface area contributed by atoms with Crippen LogP contribution in [-0.2, 0) is 11.2 Å². The van der Waals surface area contributed by atoms with E-state index in [0.29, 0.717) is 29.5 Å². The van der Waals surface area contributed by atoms with Crippen molar-refractivity contribution in [3.8, 4) is 11.3 Å². The lowest BCUT2D eigenvalue weighted by Gasteiger charge is -2.25. The molecule has 3 aromatic rings. The van der Waals surface area contributed by atoms with E-state index < -0.39 is 0 Å². The molecule has 1 aromatic heterocycles. The lowest BCUT2D eigenvalue weighted by molar-refractivity contribution is -0.132. The predicted molar refractivity (Wildman–Crippen MR) is 105 cm³/mol. The van der Waals surface area contributed by atoms with Crippen molar-refractivity contribution in [1.82, 2.24) is 9.88 Å². The lowest BCUT2D eigenvalue weighted by atomic mass is 10.0. The van der Waals surface area contributed by atoms with Gasteiger partial charge in [-0.1, -0.05) is 23.7 Å². The summed E-state index contributed by atoms with van der Waals surface area (Å²) >= 11 is 5.97. The molecule has 1 saturated heterocycles. The van der Waals surface area contributed by atoms with Gasteiger partial charge in [-0.3, -0.25) is 4.79 Å². The van der Waals surface area contributed by atoms with Gasteiger partial charge >= 0.3 is 0 Å². The number of nitrogens with zero attached hydrogens (tertiary/aromatic N) is 2. The van der Waals surface area contributed by atoms with Crippen molar-refractivity contribution in [2.24, 2.45) is 0 Å². The van der Waals surface area contributed by atoms with E-state index in [1.807, 2.05) is 29.2 Å². The first kappa shape index (κ1) is 18.7. The Bertz CT molecular complexity index is 953. The molecule has 0 radical (unpaired) electrons. The molecule has 0 spiro atoms. The van der Waals surface area contributed by atoms with Gasteiger partial charge in [0.05, 0.1) is 12.2 Å². The van der Waals surface area contributed by atoms with Gasteiger partial charge in [0, 0.05) is 30.0 Å². The first-order chi connectivity index (χ1) is 13.6. The Morgan fingerprint density at radius 2 is 1.93 bits per heavy atom. The Morgan fingerprint density at radius 1 is 1.18 bits per heavy atom. The lowest BCUT2D eigenvalue weighted by Crippen LogP contribution is -2.30. The molecule has 0 N–H and O–H groups in total. The second-order valence-electron chi connectivity index (χ2n) is 6.92. The molecule has 1 aliphatic heterocycles. The third-order valence-electron chi connectivity index (χ3n) is 5.06. The van der Waals surface area contributed by atoms with E-state index in [4.69, 9.17) is 16.0 Å². The zero-order valence-electron chi connectivity index (χ0n) is 15.3. The van der Waals surface area contributed by atoms with Crippen LogP contribution in [0.5, 0.6) is 0 Å². The van der Waals surface area contributed by atoms with Gasteiger partial charge in [-0.2, -0.15) is 0 Å². The standard InChI is InChI=1S/C22H20ClFN2O2/c23-17-7-3-15(4-8-17)19-2-1-13-26(19)22(27)12-11-21-25-14-20(28-21)16-5-9-18(24)10-6-16/h3-10,14,19H,1-2,11-13H2. The van der Waals surface area contributed by atoms with Gasteiger partial charge in [0.1, 0.15) is 5.82 Å². The van der Waals surface area contributed by atoms with Gasteiger partial charge in [0.15, 0.2) is 11.7 Å². The minimum atomic E-state index is -0.296. The summed E-state index contributed by atoms with van der Waals surface area (Å²) < 4.78 is 18.8.